The first-order valence-corrected chi connectivity index (χ1v) is 33.8. The molecule has 0 aliphatic carbocycles. The highest BCUT2D eigenvalue weighted by molar-refractivity contribution is 5.71. The van der Waals surface area contributed by atoms with Gasteiger partial charge in [-0.15, -0.1) is 0 Å². The number of ether oxygens (including phenoxy) is 3. The van der Waals surface area contributed by atoms with Crippen LogP contribution in [-0.2, 0) is 28.6 Å². The quantitative estimate of drug-likeness (QED) is 0.0261. The van der Waals surface area contributed by atoms with Crippen LogP contribution in [0.5, 0.6) is 0 Å². The summed E-state index contributed by atoms with van der Waals surface area (Å²) in [6.45, 7) is 6.54. The SMILES string of the molecule is CC/C=C\C/C=C\C/C=C\C/C=C\C/C=C\CCCC(=O)OC(COC(=O)CCCCCCCCCCCCCCCCCC)COC(=O)CCCCCCCCCCCCCCCCCCCCCCCCCCCC. The normalized spacial score (nSPS) is 12.4. The summed E-state index contributed by atoms with van der Waals surface area (Å²) in [7, 11) is 0. The molecule has 0 amide bonds. The van der Waals surface area contributed by atoms with Crippen molar-refractivity contribution in [3.63, 3.8) is 0 Å². The number of hydrogen-bond acceptors (Lipinski definition) is 6. The molecular formula is C71H128O6. The van der Waals surface area contributed by atoms with E-state index in [4.69, 9.17) is 14.2 Å². The third-order valence-corrected chi connectivity index (χ3v) is 15.0. The van der Waals surface area contributed by atoms with Gasteiger partial charge in [-0.2, -0.15) is 0 Å². The van der Waals surface area contributed by atoms with Gasteiger partial charge in [-0.1, -0.05) is 338 Å². The summed E-state index contributed by atoms with van der Waals surface area (Å²) >= 11 is 0. The van der Waals surface area contributed by atoms with Crippen LogP contribution < -0.4 is 0 Å². The van der Waals surface area contributed by atoms with Gasteiger partial charge in [-0.3, -0.25) is 14.4 Å². The van der Waals surface area contributed by atoms with E-state index in [1.54, 1.807) is 0 Å². The van der Waals surface area contributed by atoms with Crippen LogP contribution in [-0.4, -0.2) is 37.2 Å². The van der Waals surface area contributed by atoms with Crippen LogP contribution >= 0.6 is 0 Å². The van der Waals surface area contributed by atoms with Crippen molar-refractivity contribution in [3.05, 3.63) is 60.8 Å². The number of allylic oxidation sites excluding steroid dienone is 10. The Morgan fingerprint density at radius 2 is 0.506 bits per heavy atom. The minimum absolute atomic E-state index is 0.0921. The smallest absolute Gasteiger partial charge is 0.306 e. The second-order valence-electron chi connectivity index (χ2n) is 22.7. The van der Waals surface area contributed by atoms with Gasteiger partial charge < -0.3 is 14.2 Å². The molecule has 0 aromatic heterocycles. The molecule has 0 saturated heterocycles. The molecule has 0 aliphatic heterocycles. The molecule has 0 rings (SSSR count). The maximum Gasteiger partial charge on any atom is 0.306 e. The Morgan fingerprint density at radius 3 is 0.779 bits per heavy atom. The average molecular weight is 1080 g/mol. The monoisotopic (exact) mass is 1080 g/mol. The van der Waals surface area contributed by atoms with E-state index in [0.29, 0.717) is 19.3 Å². The fourth-order valence-corrected chi connectivity index (χ4v) is 10.0. The molecule has 0 N–H and O–H groups in total. The van der Waals surface area contributed by atoms with Gasteiger partial charge in [0.15, 0.2) is 6.10 Å². The molecule has 0 saturated carbocycles. The summed E-state index contributed by atoms with van der Waals surface area (Å²) in [5.74, 6) is -0.928. The number of unbranched alkanes of at least 4 members (excludes halogenated alkanes) is 41. The van der Waals surface area contributed by atoms with Crippen molar-refractivity contribution in [2.45, 2.75) is 361 Å². The van der Waals surface area contributed by atoms with Crippen molar-refractivity contribution in [1.29, 1.82) is 0 Å². The molecule has 0 bridgehead atoms. The van der Waals surface area contributed by atoms with Gasteiger partial charge >= 0.3 is 17.9 Å². The summed E-state index contributed by atoms with van der Waals surface area (Å²) in [4.78, 5) is 38.3. The molecule has 0 aliphatic rings. The summed E-state index contributed by atoms with van der Waals surface area (Å²) in [6, 6.07) is 0. The van der Waals surface area contributed by atoms with E-state index in [0.717, 1.165) is 77.0 Å². The Bertz CT molecular complexity index is 1380. The molecule has 0 spiro atoms. The molecule has 448 valence electrons. The Morgan fingerprint density at radius 1 is 0.273 bits per heavy atom. The molecular weight excluding hydrogens is 949 g/mol. The van der Waals surface area contributed by atoms with Crippen molar-refractivity contribution in [2.75, 3.05) is 13.2 Å². The molecule has 1 atom stereocenters. The lowest BCUT2D eigenvalue weighted by molar-refractivity contribution is -0.167. The maximum absolute atomic E-state index is 12.9. The lowest BCUT2D eigenvalue weighted by Crippen LogP contribution is -2.30. The van der Waals surface area contributed by atoms with Crippen molar-refractivity contribution in [1.82, 2.24) is 0 Å². The molecule has 77 heavy (non-hydrogen) atoms. The van der Waals surface area contributed by atoms with Gasteiger partial charge in [0.1, 0.15) is 13.2 Å². The average Bonchev–Trinajstić information content (AvgIpc) is 3.43. The van der Waals surface area contributed by atoms with E-state index < -0.39 is 6.10 Å². The lowest BCUT2D eigenvalue weighted by Gasteiger charge is -2.18. The number of carbonyl (C=O) groups excluding carboxylic acids is 3. The predicted octanol–water partition coefficient (Wildman–Crippen LogP) is 23.1. The first-order valence-electron chi connectivity index (χ1n) is 33.8. The van der Waals surface area contributed by atoms with E-state index in [2.05, 4.69) is 81.5 Å². The molecule has 0 fully saturated rings. The van der Waals surface area contributed by atoms with Crippen LogP contribution in [0.3, 0.4) is 0 Å². The van der Waals surface area contributed by atoms with E-state index in [1.807, 2.05) is 0 Å². The number of rotatable bonds is 62. The van der Waals surface area contributed by atoms with Gasteiger partial charge in [0.25, 0.3) is 0 Å². The van der Waals surface area contributed by atoms with Crippen LogP contribution in [0.25, 0.3) is 0 Å². The standard InChI is InChI=1S/C71H128O6/c1-4-7-10-13-16-19-22-25-28-31-32-33-34-35-36-37-38-39-41-43-46-49-52-55-58-61-64-70(73)76-67-68(66-75-69(72)63-60-57-54-51-48-45-42-30-27-24-21-18-15-12-9-6-3)77-71(74)65-62-59-56-53-50-47-44-40-29-26-23-20-17-14-11-8-5-2/h8,11,17,20,26,29,44,47,53,56,68H,4-7,9-10,12-16,18-19,21-25,27-28,30-43,45-46,48-52,54-55,57-67H2,1-3H3/b11-8-,20-17-,29-26-,47-44-,56-53-. The first kappa shape index (κ1) is 74.1. The predicted molar refractivity (Wildman–Crippen MR) is 335 cm³/mol. The van der Waals surface area contributed by atoms with Crippen molar-refractivity contribution in [2.24, 2.45) is 0 Å². The van der Waals surface area contributed by atoms with Crippen LogP contribution in [0.15, 0.2) is 60.8 Å². The van der Waals surface area contributed by atoms with Gasteiger partial charge in [-0.05, 0) is 57.8 Å². The zero-order valence-corrected chi connectivity index (χ0v) is 51.5. The third-order valence-electron chi connectivity index (χ3n) is 15.0. The molecule has 1 unspecified atom stereocenters. The largest absolute Gasteiger partial charge is 0.462 e. The Hall–Kier alpha value is -2.89. The second kappa shape index (κ2) is 65.6. The van der Waals surface area contributed by atoms with E-state index in [1.165, 1.54) is 231 Å². The van der Waals surface area contributed by atoms with Crippen LogP contribution in [0.4, 0.5) is 0 Å². The van der Waals surface area contributed by atoms with Gasteiger partial charge in [-0.25, -0.2) is 0 Å². The highest BCUT2D eigenvalue weighted by Crippen LogP contribution is 2.18. The third kappa shape index (κ3) is 63.8. The Labute approximate surface area is 479 Å². The van der Waals surface area contributed by atoms with Gasteiger partial charge in [0, 0.05) is 19.3 Å². The van der Waals surface area contributed by atoms with Gasteiger partial charge in [0.2, 0.25) is 0 Å². The van der Waals surface area contributed by atoms with Gasteiger partial charge in [0.05, 0.1) is 0 Å². The van der Waals surface area contributed by atoms with E-state index >= 15 is 0 Å². The van der Waals surface area contributed by atoms with E-state index in [9.17, 15) is 14.4 Å². The van der Waals surface area contributed by atoms with Crippen LogP contribution in [0, 0.1) is 0 Å². The number of carbonyl (C=O) groups is 3. The van der Waals surface area contributed by atoms with Crippen LogP contribution in [0.2, 0.25) is 0 Å². The summed E-state index contributed by atoms with van der Waals surface area (Å²) < 4.78 is 16.9. The number of hydrogen-bond donors (Lipinski definition) is 0. The first-order chi connectivity index (χ1) is 38.0. The fraction of sp³-hybridized carbons (Fsp3) is 0.817. The molecule has 6 nitrogen and oxygen atoms in total. The lowest BCUT2D eigenvalue weighted by atomic mass is 10.0. The highest BCUT2D eigenvalue weighted by Gasteiger charge is 2.19. The van der Waals surface area contributed by atoms with Crippen molar-refractivity contribution in [3.8, 4) is 0 Å². The second-order valence-corrected chi connectivity index (χ2v) is 22.7. The molecule has 0 heterocycles. The zero-order valence-electron chi connectivity index (χ0n) is 51.5. The molecule has 0 aromatic rings. The Balaban J connectivity index is 4.30. The molecule has 0 aromatic carbocycles. The van der Waals surface area contributed by atoms with Crippen molar-refractivity contribution < 1.29 is 28.6 Å². The number of esters is 3. The maximum atomic E-state index is 12.9. The van der Waals surface area contributed by atoms with Crippen LogP contribution in [0.1, 0.15) is 355 Å². The molecule has 0 radical (unpaired) electrons. The van der Waals surface area contributed by atoms with Crippen molar-refractivity contribution >= 4 is 17.9 Å². The van der Waals surface area contributed by atoms with E-state index in [-0.39, 0.29) is 37.5 Å². The fourth-order valence-electron chi connectivity index (χ4n) is 10.0. The zero-order chi connectivity index (χ0) is 55.7. The highest BCUT2D eigenvalue weighted by atomic mass is 16.6. The minimum atomic E-state index is -0.802. The minimum Gasteiger partial charge on any atom is -0.462 e. The molecule has 6 heteroatoms. The Kier molecular flexibility index (Phi) is 63.2. The summed E-state index contributed by atoms with van der Waals surface area (Å²) in [5.41, 5.74) is 0. The summed E-state index contributed by atoms with van der Waals surface area (Å²) in [6.07, 6.45) is 84.0. The topological polar surface area (TPSA) is 78.9 Å². The summed E-state index contributed by atoms with van der Waals surface area (Å²) in [5, 5.41) is 0.